The molecule has 0 unspecified atom stereocenters. The van der Waals surface area contributed by atoms with E-state index in [9.17, 15) is 13.2 Å². The van der Waals surface area contributed by atoms with E-state index in [2.05, 4.69) is 29.6 Å². The Morgan fingerprint density at radius 2 is 1.43 bits per heavy atom. The maximum atomic E-state index is 12.9. The Hall–Kier alpha value is -2.90. The summed E-state index contributed by atoms with van der Waals surface area (Å²) in [6, 6.07) is 20.1. The number of primary sulfonamides is 1. The average molecular weight is 427 g/mol. The molecule has 0 saturated carbocycles. The number of hydrogen-bond donors (Lipinski definition) is 2. The maximum Gasteiger partial charge on any atom is 0.256 e. The van der Waals surface area contributed by atoms with Gasteiger partial charge in [0.1, 0.15) is 22.0 Å². The number of nitrogens with one attached hydrogen (secondary N) is 1. The van der Waals surface area contributed by atoms with Crippen LogP contribution < -0.4 is 10.5 Å². The van der Waals surface area contributed by atoms with Gasteiger partial charge in [-0.1, -0.05) is 60.7 Å². The zero-order valence-corrected chi connectivity index (χ0v) is 17.9. The highest BCUT2D eigenvalue weighted by Gasteiger charge is 2.28. The lowest BCUT2D eigenvalue weighted by Crippen LogP contribution is -2.32. The van der Waals surface area contributed by atoms with Crippen LogP contribution in [0, 0.1) is 19.8 Å². The number of carbonyl (C=O) groups excluding carboxylic acids is 1. The summed E-state index contributed by atoms with van der Waals surface area (Å²) in [5.41, 5.74) is 2.33. The number of amides is 1. The monoisotopic (exact) mass is 426 g/mol. The predicted molar refractivity (Wildman–Crippen MR) is 116 cm³/mol. The molecule has 3 aromatic rings. The van der Waals surface area contributed by atoms with Crippen molar-refractivity contribution in [2.45, 2.75) is 31.6 Å². The van der Waals surface area contributed by atoms with Crippen LogP contribution in [-0.2, 0) is 22.9 Å². The van der Waals surface area contributed by atoms with Gasteiger partial charge in [0.25, 0.3) is 5.91 Å². The van der Waals surface area contributed by atoms with E-state index < -0.39 is 15.9 Å². The Labute approximate surface area is 177 Å². The van der Waals surface area contributed by atoms with Crippen molar-refractivity contribution in [3.05, 3.63) is 88.9 Å². The van der Waals surface area contributed by atoms with Gasteiger partial charge in [-0.15, -0.1) is 0 Å². The first-order valence-corrected chi connectivity index (χ1v) is 11.3. The third kappa shape index (κ3) is 5.37. The van der Waals surface area contributed by atoms with Crippen LogP contribution in [0.25, 0.3) is 0 Å². The minimum absolute atomic E-state index is 0.0202. The van der Waals surface area contributed by atoms with Gasteiger partial charge in [-0.25, -0.2) is 13.6 Å². The molecule has 1 aromatic heterocycles. The fourth-order valence-electron chi connectivity index (χ4n) is 3.71. The van der Waals surface area contributed by atoms with Crippen molar-refractivity contribution in [3.63, 3.8) is 0 Å². The van der Waals surface area contributed by atoms with Crippen molar-refractivity contribution in [3.8, 4) is 0 Å². The zero-order chi connectivity index (χ0) is 21.7. The lowest BCUT2D eigenvalue weighted by Gasteiger charge is -2.18. The highest BCUT2D eigenvalue weighted by molar-refractivity contribution is 7.89. The molecule has 0 aliphatic heterocycles. The van der Waals surface area contributed by atoms with Gasteiger partial charge in [0, 0.05) is 6.54 Å². The molecule has 0 spiro atoms. The van der Waals surface area contributed by atoms with Crippen LogP contribution >= 0.6 is 0 Å². The minimum Gasteiger partial charge on any atom is -0.464 e. The number of benzene rings is 2. The zero-order valence-electron chi connectivity index (χ0n) is 17.1. The first-order valence-electron chi connectivity index (χ1n) is 9.74. The topological polar surface area (TPSA) is 102 Å². The summed E-state index contributed by atoms with van der Waals surface area (Å²) in [5.74, 6) is -0.0218. The van der Waals surface area contributed by atoms with Crippen molar-refractivity contribution in [1.82, 2.24) is 5.32 Å². The molecule has 0 atom stereocenters. The third-order valence-corrected chi connectivity index (χ3v) is 6.06. The van der Waals surface area contributed by atoms with E-state index in [1.807, 2.05) is 36.4 Å². The second-order valence-corrected chi connectivity index (χ2v) is 8.92. The number of hydrogen-bond acceptors (Lipinski definition) is 4. The molecule has 6 nitrogen and oxygen atoms in total. The molecular weight excluding hydrogens is 400 g/mol. The van der Waals surface area contributed by atoms with Crippen molar-refractivity contribution in [2.24, 2.45) is 11.1 Å². The van der Waals surface area contributed by atoms with Crippen molar-refractivity contribution in [1.29, 1.82) is 0 Å². The van der Waals surface area contributed by atoms with Crippen LogP contribution in [0.2, 0.25) is 0 Å². The van der Waals surface area contributed by atoms with Crippen LogP contribution in [0.5, 0.6) is 0 Å². The van der Waals surface area contributed by atoms with Gasteiger partial charge in [-0.05, 0) is 43.7 Å². The predicted octanol–water partition coefficient (Wildman–Crippen LogP) is 3.38. The number of furan rings is 1. The quantitative estimate of drug-likeness (QED) is 0.576. The van der Waals surface area contributed by atoms with Gasteiger partial charge in [0.05, 0.1) is 0 Å². The maximum absolute atomic E-state index is 12.9. The van der Waals surface area contributed by atoms with Crippen LogP contribution in [0.4, 0.5) is 0 Å². The number of carbonyl (C=O) groups is 1. The van der Waals surface area contributed by atoms with Gasteiger partial charge in [-0.3, -0.25) is 4.79 Å². The summed E-state index contributed by atoms with van der Waals surface area (Å²) in [5, 5.41) is 8.19. The lowest BCUT2D eigenvalue weighted by atomic mass is 9.92. The number of rotatable bonds is 8. The second-order valence-electron chi connectivity index (χ2n) is 7.42. The summed E-state index contributed by atoms with van der Waals surface area (Å²) in [7, 11) is -4.08. The highest BCUT2D eigenvalue weighted by atomic mass is 32.2. The van der Waals surface area contributed by atoms with E-state index in [-0.39, 0.29) is 27.9 Å². The molecule has 0 aliphatic rings. The fraction of sp³-hybridized carbons (Fsp3) is 0.261. The molecule has 3 N–H and O–H groups in total. The molecule has 30 heavy (non-hydrogen) atoms. The average Bonchev–Trinajstić information content (AvgIpc) is 3.01. The third-order valence-electron chi connectivity index (χ3n) is 5.00. The lowest BCUT2D eigenvalue weighted by molar-refractivity contribution is 0.0942. The number of aryl methyl sites for hydroxylation is 2. The van der Waals surface area contributed by atoms with Crippen LogP contribution in [-0.4, -0.2) is 20.9 Å². The number of nitrogens with two attached hydrogens (primary N) is 1. The molecule has 0 fully saturated rings. The Morgan fingerprint density at radius 3 is 1.90 bits per heavy atom. The van der Waals surface area contributed by atoms with E-state index in [1.165, 1.54) is 18.1 Å². The minimum atomic E-state index is -4.08. The van der Waals surface area contributed by atoms with E-state index in [0.717, 1.165) is 12.8 Å². The molecule has 0 bridgehead atoms. The molecule has 158 valence electrons. The fourth-order valence-corrected chi connectivity index (χ4v) is 4.67. The van der Waals surface area contributed by atoms with Crippen molar-refractivity contribution >= 4 is 15.9 Å². The van der Waals surface area contributed by atoms with Crippen LogP contribution in [0.1, 0.15) is 33.0 Å². The van der Waals surface area contributed by atoms with Gasteiger partial charge >= 0.3 is 0 Å². The molecule has 1 heterocycles. The largest absolute Gasteiger partial charge is 0.464 e. The SMILES string of the molecule is Cc1oc(C)c(S(N)(=O)=O)c1C(=O)NCC(Cc1ccccc1)Cc1ccccc1. The molecule has 3 rings (SSSR count). The highest BCUT2D eigenvalue weighted by Crippen LogP contribution is 2.25. The molecule has 0 saturated heterocycles. The normalized spacial score (nSPS) is 11.6. The van der Waals surface area contributed by atoms with Gasteiger partial charge in [-0.2, -0.15) is 0 Å². The van der Waals surface area contributed by atoms with Crippen LogP contribution in [0.3, 0.4) is 0 Å². The summed E-state index contributed by atoms with van der Waals surface area (Å²) in [6.07, 6.45) is 1.56. The van der Waals surface area contributed by atoms with E-state index in [1.54, 1.807) is 6.92 Å². The molecule has 0 aliphatic carbocycles. The van der Waals surface area contributed by atoms with E-state index in [0.29, 0.717) is 6.54 Å². The standard InChI is InChI=1S/C23H26N2O4S/c1-16-21(22(17(2)29-16)30(24,27)28)23(26)25-15-20(13-18-9-5-3-6-10-18)14-19-11-7-4-8-12-19/h3-12,20H,13-15H2,1-2H3,(H,25,26)(H2,24,27,28). The van der Waals surface area contributed by atoms with Crippen molar-refractivity contribution < 1.29 is 17.6 Å². The molecule has 1 amide bonds. The Kier molecular flexibility index (Phi) is 6.74. The second kappa shape index (κ2) is 9.28. The number of sulfonamides is 1. The van der Waals surface area contributed by atoms with Gasteiger partial charge < -0.3 is 9.73 Å². The van der Waals surface area contributed by atoms with Crippen LogP contribution in [0.15, 0.2) is 70.0 Å². The van der Waals surface area contributed by atoms with Gasteiger partial charge in [0.2, 0.25) is 10.0 Å². The first-order chi connectivity index (χ1) is 14.3. The summed E-state index contributed by atoms with van der Waals surface area (Å²) >= 11 is 0. The van der Waals surface area contributed by atoms with Crippen molar-refractivity contribution in [2.75, 3.05) is 6.54 Å². The van der Waals surface area contributed by atoms with Gasteiger partial charge in [0.15, 0.2) is 0 Å². The molecule has 2 aromatic carbocycles. The first kappa shape index (κ1) is 21.8. The van der Waals surface area contributed by atoms with E-state index >= 15 is 0 Å². The van der Waals surface area contributed by atoms with E-state index in [4.69, 9.17) is 9.56 Å². The Balaban J connectivity index is 1.79. The molecule has 7 heteroatoms. The summed E-state index contributed by atoms with van der Waals surface area (Å²) in [6.45, 7) is 3.43. The Morgan fingerprint density at radius 1 is 0.933 bits per heavy atom. The Bertz CT molecular complexity index is 1070. The smallest absolute Gasteiger partial charge is 0.256 e. The summed E-state index contributed by atoms with van der Waals surface area (Å²) in [4.78, 5) is 12.6. The summed E-state index contributed by atoms with van der Waals surface area (Å²) < 4.78 is 29.3. The molecular formula is C23H26N2O4S. The molecule has 0 radical (unpaired) electrons.